The molecule has 1 unspecified atom stereocenters. The highest BCUT2D eigenvalue weighted by atomic mass is 32.2. The van der Waals surface area contributed by atoms with Crippen molar-refractivity contribution in [1.82, 2.24) is 5.32 Å². The van der Waals surface area contributed by atoms with Gasteiger partial charge in [0.25, 0.3) is 5.91 Å². The van der Waals surface area contributed by atoms with Crippen LogP contribution >= 0.6 is 0 Å². The first-order valence-electron chi connectivity index (χ1n) is 14.3. The molecular formula is C31H46N2O6S. The molecule has 8 nitrogen and oxygen atoms in total. The third-order valence-corrected chi connectivity index (χ3v) is 8.96. The van der Waals surface area contributed by atoms with Gasteiger partial charge in [-0.25, -0.2) is 8.42 Å². The van der Waals surface area contributed by atoms with Crippen LogP contribution in [0.1, 0.15) is 82.8 Å². The molecule has 0 saturated heterocycles. The van der Waals surface area contributed by atoms with Crippen molar-refractivity contribution in [3.05, 3.63) is 53.6 Å². The van der Waals surface area contributed by atoms with Crippen molar-refractivity contribution in [3.63, 3.8) is 0 Å². The van der Waals surface area contributed by atoms with Gasteiger partial charge in [-0.15, -0.1) is 0 Å². The number of ether oxygens (including phenoxy) is 1. The molecule has 0 saturated carbocycles. The van der Waals surface area contributed by atoms with Crippen LogP contribution in [-0.2, 0) is 19.4 Å². The average molecular weight is 575 g/mol. The van der Waals surface area contributed by atoms with E-state index in [-0.39, 0.29) is 24.2 Å². The van der Waals surface area contributed by atoms with Crippen LogP contribution in [0.15, 0.2) is 47.4 Å². The summed E-state index contributed by atoms with van der Waals surface area (Å²) in [4.78, 5) is 24.7. The maximum atomic E-state index is 13.3. The fourth-order valence-electron chi connectivity index (χ4n) is 4.83. The summed E-state index contributed by atoms with van der Waals surface area (Å²) >= 11 is 0. The first-order chi connectivity index (χ1) is 19.0. The van der Waals surface area contributed by atoms with Crippen LogP contribution in [0.25, 0.3) is 0 Å². The number of carbonyl (C=O) groups is 2. The molecular weight excluding hydrogens is 528 g/mol. The third kappa shape index (κ3) is 10.2. The van der Waals surface area contributed by atoms with Gasteiger partial charge >= 0.3 is 5.97 Å². The van der Waals surface area contributed by atoms with Gasteiger partial charge in [0, 0.05) is 25.7 Å². The Bertz CT molecular complexity index is 1190. The van der Waals surface area contributed by atoms with Crippen molar-refractivity contribution in [3.8, 4) is 5.75 Å². The van der Waals surface area contributed by atoms with Crippen LogP contribution in [0.2, 0.25) is 0 Å². The first kappa shape index (κ1) is 33.1. The van der Waals surface area contributed by atoms with Gasteiger partial charge in [0.2, 0.25) is 0 Å². The number of nitrogens with zero attached hydrogens (tertiary/aromatic N) is 1. The molecule has 3 rings (SSSR count). The van der Waals surface area contributed by atoms with Crippen LogP contribution in [0.5, 0.6) is 5.75 Å². The Balaban J connectivity index is 0.00000103. The Morgan fingerprint density at radius 1 is 1.00 bits per heavy atom. The summed E-state index contributed by atoms with van der Waals surface area (Å²) in [7, 11) is 0.462. The van der Waals surface area contributed by atoms with E-state index in [9.17, 15) is 18.0 Å². The van der Waals surface area contributed by atoms with Crippen molar-refractivity contribution in [2.75, 3.05) is 37.9 Å². The highest BCUT2D eigenvalue weighted by molar-refractivity contribution is 7.91. The van der Waals surface area contributed by atoms with E-state index >= 15 is 0 Å². The van der Waals surface area contributed by atoms with E-state index in [0.717, 1.165) is 42.5 Å². The number of nitrogens with one attached hydrogen (secondary N) is 1. The van der Waals surface area contributed by atoms with Gasteiger partial charge in [0.05, 0.1) is 10.6 Å². The van der Waals surface area contributed by atoms with Gasteiger partial charge in [-0.2, -0.15) is 0 Å². The number of benzene rings is 2. The second kappa shape index (κ2) is 16.3. The molecule has 0 fully saturated rings. The molecule has 0 bridgehead atoms. The normalized spacial score (nSPS) is 17.4. The number of carboxylic acid groups (broad SMARTS) is 1. The average Bonchev–Trinajstić information content (AvgIpc) is 3.03. The Kier molecular flexibility index (Phi) is 13.5. The van der Waals surface area contributed by atoms with E-state index in [2.05, 4.69) is 26.1 Å². The summed E-state index contributed by atoms with van der Waals surface area (Å²) in [6.07, 6.45) is 7.69. The summed E-state index contributed by atoms with van der Waals surface area (Å²) in [5.41, 5.74) is 2.75. The number of sulfone groups is 1. The van der Waals surface area contributed by atoms with Crippen molar-refractivity contribution in [2.45, 2.75) is 76.5 Å². The molecule has 9 heteroatoms. The van der Waals surface area contributed by atoms with Crippen LogP contribution < -0.4 is 15.0 Å². The molecule has 0 aliphatic carbocycles. The van der Waals surface area contributed by atoms with Crippen molar-refractivity contribution in [1.29, 1.82) is 0 Å². The number of anilines is 1. The lowest BCUT2D eigenvalue weighted by Crippen LogP contribution is -2.33. The lowest BCUT2D eigenvalue weighted by molar-refractivity contribution is -0.138. The molecule has 222 valence electrons. The zero-order valence-electron chi connectivity index (χ0n) is 24.6. The molecule has 0 aromatic heterocycles. The van der Waals surface area contributed by atoms with E-state index in [1.807, 2.05) is 43.3 Å². The standard InChI is InChI=1S/C26H34N2O6S.C5H12/c1-4-5-6-18-13-22(23-14-20(28(2)3)9-12-24(23)35(32,33)17-18)19-7-10-21(11-8-19)34-16-25(29)27-15-26(30)31;1-3-5-4-2/h7-12,14,18,22H,4-6,13,15-17H2,1-3H3,(H,27,29)(H,30,31);3-5H2,1-2H3/t18?,22-;/m1./s1. The lowest BCUT2D eigenvalue weighted by atomic mass is 9.82. The molecule has 40 heavy (non-hydrogen) atoms. The zero-order chi connectivity index (χ0) is 29.7. The van der Waals surface area contributed by atoms with Crippen LogP contribution in [0.3, 0.4) is 0 Å². The molecule has 2 aromatic carbocycles. The molecule has 2 atom stereocenters. The minimum atomic E-state index is -3.41. The molecule has 0 radical (unpaired) electrons. The number of aliphatic carboxylic acids is 1. The molecule has 2 aromatic rings. The van der Waals surface area contributed by atoms with Gasteiger partial charge < -0.3 is 20.1 Å². The van der Waals surface area contributed by atoms with Crippen LogP contribution in [0, 0.1) is 5.92 Å². The fourth-order valence-corrected chi connectivity index (χ4v) is 6.77. The Labute approximate surface area is 240 Å². The van der Waals surface area contributed by atoms with E-state index in [4.69, 9.17) is 9.84 Å². The summed E-state index contributed by atoms with van der Waals surface area (Å²) < 4.78 is 32.1. The zero-order valence-corrected chi connectivity index (χ0v) is 25.4. The van der Waals surface area contributed by atoms with Gasteiger partial charge in [-0.05, 0) is 60.2 Å². The predicted octanol–water partition coefficient (Wildman–Crippen LogP) is 5.64. The monoisotopic (exact) mass is 574 g/mol. The van der Waals surface area contributed by atoms with Crippen molar-refractivity contribution < 1.29 is 27.9 Å². The van der Waals surface area contributed by atoms with Crippen LogP contribution in [-0.4, -0.2) is 58.4 Å². The second-order valence-electron chi connectivity index (χ2n) is 10.6. The Morgan fingerprint density at radius 2 is 1.65 bits per heavy atom. The smallest absolute Gasteiger partial charge is 0.322 e. The number of unbranched alkanes of at least 4 members (excludes halogenated alkanes) is 3. The molecule has 1 heterocycles. The van der Waals surface area contributed by atoms with E-state index < -0.39 is 28.3 Å². The van der Waals surface area contributed by atoms with Crippen molar-refractivity contribution in [2.24, 2.45) is 5.92 Å². The largest absolute Gasteiger partial charge is 0.484 e. The second-order valence-corrected chi connectivity index (χ2v) is 12.6. The van der Waals surface area contributed by atoms with Gasteiger partial charge in [-0.3, -0.25) is 9.59 Å². The van der Waals surface area contributed by atoms with Gasteiger partial charge in [0.15, 0.2) is 16.4 Å². The fraction of sp³-hybridized carbons (Fsp3) is 0.548. The summed E-state index contributed by atoms with van der Waals surface area (Å²) in [5, 5.41) is 10.9. The number of amides is 1. The third-order valence-electron chi connectivity index (χ3n) is 7.01. The maximum absolute atomic E-state index is 13.3. The van der Waals surface area contributed by atoms with E-state index in [0.29, 0.717) is 10.6 Å². The number of fused-ring (bicyclic) bond motifs is 1. The molecule has 1 aliphatic heterocycles. The van der Waals surface area contributed by atoms with Gasteiger partial charge in [0.1, 0.15) is 12.3 Å². The Hall–Kier alpha value is -3.07. The molecule has 1 aliphatic rings. The summed E-state index contributed by atoms with van der Waals surface area (Å²) in [6.45, 7) is 5.79. The van der Waals surface area contributed by atoms with Crippen molar-refractivity contribution >= 4 is 27.4 Å². The highest BCUT2D eigenvalue weighted by Crippen LogP contribution is 2.42. The lowest BCUT2D eigenvalue weighted by Gasteiger charge is -2.23. The van der Waals surface area contributed by atoms with E-state index in [1.54, 1.807) is 18.2 Å². The maximum Gasteiger partial charge on any atom is 0.322 e. The van der Waals surface area contributed by atoms with Gasteiger partial charge in [-0.1, -0.05) is 65.0 Å². The summed E-state index contributed by atoms with van der Waals surface area (Å²) in [5.74, 6) is -1.03. The number of carbonyl (C=O) groups excluding carboxylic acids is 1. The number of hydrogen-bond acceptors (Lipinski definition) is 6. The quantitative estimate of drug-likeness (QED) is 0.337. The minimum Gasteiger partial charge on any atom is -0.484 e. The van der Waals surface area contributed by atoms with E-state index in [1.165, 1.54) is 19.3 Å². The molecule has 1 amide bonds. The molecule has 0 spiro atoms. The number of carboxylic acids is 1. The SMILES string of the molecule is CCCCC.CCCCC1C[C@H](c2ccc(OCC(=O)NCC(=O)O)cc2)c2cc(N(C)C)ccc2S(=O)(=O)C1. The predicted molar refractivity (Wildman–Crippen MR) is 160 cm³/mol. The Morgan fingerprint density at radius 3 is 2.20 bits per heavy atom. The minimum absolute atomic E-state index is 0.0639. The number of hydrogen-bond donors (Lipinski definition) is 2. The first-order valence-corrected chi connectivity index (χ1v) is 15.9. The highest BCUT2D eigenvalue weighted by Gasteiger charge is 2.34. The number of rotatable bonds is 12. The van der Waals surface area contributed by atoms with Crippen LogP contribution in [0.4, 0.5) is 5.69 Å². The summed E-state index contributed by atoms with van der Waals surface area (Å²) in [6, 6.07) is 12.9. The topological polar surface area (TPSA) is 113 Å². The molecule has 2 N–H and O–H groups in total.